The van der Waals surface area contributed by atoms with Crippen LogP contribution in [0.25, 0.3) is 0 Å². The predicted molar refractivity (Wildman–Crippen MR) is 121 cm³/mol. The molecular weight excluding hydrogens is 457 g/mol. The summed E-state index contributed by atoms with van der Waals surface area (Å²) >= 11 is 0. The number of carbonyl (C=O) groups is 1. The summed E-state index contributed by atoms with van der Waals surface area (Å²) in [5.74, 6) is 0.533. The number of unbranched alkanes of at least 4 members (excludes halogenated alkanes) is 1. The minimum Gasteiger partial charge on any atom is -0.450 e. The van der Waals surface area contributed by atoms with Crippen molar-refractivity contribution in [2.24, 2.45) is 10.7 Å². The maximum atomic E-state index is 11.7. The van der Waals surface area contributed by atoms with Gasteiger partial charge in [-0.3, -0.25) is 4.99 Å². The lowest BCUT2D eigenvalue weighted by molar-refractivity contribution is 0.0963. The maximum absolute atomic E-state index is 11.7. The number of carbonyl (C=O) groups excluding carboxylic acids is 1. The first-order valence-corrected chi connectivity index (χ1v) is 10.3. The highest BCUT2D eigenvalue weighted by Gasteiger charge is 2.23. The van der Waals surface area contributed by atoms with Crippen LogP contribution < -0.4 is 11.1 Å². The van der Waals surface area contributed by atoms with Crippen molar-refractivity contribution in [2.75, 3.05) is 39.3 Å². The summed E-state index contributed by atoms with van der Waals surface area (Å²) in [5, 5.41) is 3.30. The van der Waals surface area contributed by atoms with E-state index in [4.69, 9.17) is 10.5 Å². The lowest BCUT2D eigenvalue weighted by atomic mass is 10.0. The highest BCUT2D eigenvalue weighted by Crippen LogP contribution is 2.16. The molecule has 8 heteroatoms. The van der Waals surface area contributed by atoms with Gasteiger partial charge in [0.05, 0.1) is 6.61 Å². The van der Waals surface area contributed by atoms with E-state index in [2.05, 4.69) is 22.1 Å². The number of amides is 1. The number of aliphatic imine (C=N–C) groups is 1. The highest BCUT2D eigenvalue weighted by atomic mass is 127. The van der Waals surface area contributed by atoms with Crippen molar-refractivity contribution in [1.82, 2.24) is 15.1 Å². The molecule has 2 saturated heterocycles. The van der Waals surface area contributed by atoms with Gasteiger partial charge in [-0.2, -0.15) is 0 Å². The van der Waals surface area contributed by atoms with Crippen molar-refractivity contribution in [1.29, 1.82) is 0 Å². The average molecular weight is 495 g/mol. The second-order valence-corrected chi connectivity index (χ2v) is 7.46. The summed E-state index contributed by atoms with van der Waals surface area (Å²) in [6.45, 7) is 9.21. The first kappa shape index (κ1) is 24.3. The van der Waals surface area contributed by atoms with Crippen LogP contribution in [0.2, 0.25) is 0 Å². The summed E-state index contributed by atoms with van der Waals surface area (Å²) in [5.41, 5.74) is 6.02. The van der Waals surface area contributed by atoms with Gasteiger partial charge in [0.15, 0.2) is 5.96 Å². The Morgan fingerprint density at radius 1 is 1.19 bits per heavy atom. The standard InChI is InChI=1S/C19H37N5O2.HI/c1-3-26-19(25)24-14-9-17(10-15-24)22-18(20)21-11-5-7-13-23-12-6-4-8-16(23)2;/h16-17H,3-15H2,1-2H3,(H3,20,21,22);1H. The molecule has 2 aliphatic heterocycles. The van der Waals surface area contributed by atoms with Crippen molar-refractivity contribution in [2.45, 2.75) is 70.9 Å². The third-order valence-electron chi connectivity index (χ3n) is 5.45. The molecule has 158 valence electrons. The number of likely N-dealkylation sites (tertiary alicyclic amines) is 2. The topological polar surface area (TPSA) is 83.2 Å². The number of nitrogens with zero attached hydrogens (tertiary/aromatic N) is 3. The molecule has 0 aromatic heterocycles. The molecular formula is C19H38IN5O2. The second-order valence-electron chi connectivity index (χ2n) is 7.46. The maximum Gasteiger partial charge on any atom is 0.409 e. The van der Waals surface area contributed by atoms with Crippen molar-refractivity contribution in [3.63, 3.8) is 0 Å². The number of hydrogen-bond acceptors (Lipinski definition) is 4. The predicted octanol–water partition coefficient (Wildman–Crippen LogP) is 2.78. The van der Waals surface area contributed by atoms with E-state index in [1.165, 1.54) is 38.8 Å². The third-order valence-corrected chi connectivity index (χ3v) is 5.45. The van der Waals surface area contributed by atoms with Gasteiger partial charge < -0.3 is 25.6 Å². The Kier molecular flexibility index (Phi) is 12.1. The van der Waals surface area contributed by atoms with Crippen LogP contribution in [0, 0.1) is 0 Å². The monoisotopic (exact) mass is 495 g/mol. The number of piperidine rings is 2. The van der Waals surface area contributed by atoms with Gasteiger partial charge in [-0.1, -0.05) is 6.42 Å². The van der Waals surface area contributed by atoms with Crippen LogP contribution in [0.5, 0.6) is 0 Å². The zero-order chi connectivity index (χ0) is 18.8. The normalized spacial score (nSPS) is 22.2. The van der Waals surface area contributed by atoms with Crippen molar-refractivity contribution in [3.8, 4) is 0 Å². The van der Waals surface area contributed by atoms with Crippen LogP contribution in [0.1, 0.15) is 58.8 Å². The van der Waals surface area contributed by atoms with Crippen molar-refractivity contribution in [3.05, 3.63) is 0 Å². The summed E-state index contributed by atoms with van der Waals surface area (Å²) in [6, 6.07) is 1.03. The summed E-state index contributed by atoms with van der Waals surface area (Å²) in [6.07, 6.45) is 7.85. The van der Waals surface area contributed by atoms with Gasteiger partial charge in [0, 0.05) is 31.7 Å². The highest BCUT2D eigenvalue weighted by molar-refractivity contribution is 14.0. The lowest BCUT2D eigenvalue weighted by Gasteiger charge is -2.33. The summed E-state index contributed by atoms with van der Waals surface area (Å²) in [4.78, 5) is 20.5. The number of ether oxygens (including phenoxy) is 1. The molecule has 7 nitrogen and oxygen atoms in total. The van der Waals surface area contributed by atoms with Crippen LogP contribution in [0.3, 0.4) is 0 Å². The van der Waals surface area contributed by atoms with E-state index in [9.17, 15) is 4.79 Å². The van der Waals surface area contributed by atoms with Gasteiger partial charge in [0.1, 0.15) is 0 Å². The number of rotatable bonds is 7. The molecule has 27 heavy (non-hydrogen) atoms. The molecule has 1 atom stereocenters. The molecule has 2 fully saturated rings. The van der Waals surface area contributed by atoms with Crippen LogP contribution in [0.4, 0.5) is 4.79 Å². The zero-order valence-electron chi connectivity index (χ0n) is 17.0. The fraction of sp³-hybridized carbons (Fsp3) is 0.895. The molecule has 0 spiro atoms. The minimum absolute atomic E-state index is 0. The van der Waals surface area contributed by atoms with Gasteiger partial charge in [-0.25, -0.2) is 4.79 Å². The number of halogens is 1. The number of hydrogen-bond donors (Lipinski definition) is 2. The molecule has 2 aliphatic rings. The average Bonchev–Trinajstić information content (AvgIpc) is 2.63. The summed E-state index contributed by atoms with van der Waals surface area (Å²) in [7, 11) is 0. The first-order valence-electron chi connectivity index (χ1n) is 10.3. The van der Waals surface area contributed by atoms with Gasteiger partial charge in [0.25, 0.3) is 0 Å². The molecule has 1 unspecified atom stereocenters. The van der Waals surface area contributed by atoms with Gasteiger partial charge in [0.2, 0.25) is 0 Å². The van der Waals surface area contributed by atoms with E-state index in [1.54, 1.807) is 4.90 Å². The number of nitrogens with two attached hydrogens (primary N) is 1. The van der Waals surface area contributed by atoms with E-state index in [1.807, 2.05) is 6.92 Å². The molecule has 0 aromatic rings. The molecule has 0 saturated carbocycles. The van der Waals surface area contributed by atoms with Gasteiger partial charge in [-0.05, 0) is 65.5 Å². The fourth-order valence-electron chi connectivity index (χ4n) is 3.79. The molecule has 0 bridgehead atoms. The Morgan fingerprint density at radius 2 is 1.93 bits per heavy atom. The first-order chi connectivity index (χ1) is 12.6. The molecule has 3 N–H and O–H groups in total. The molecule has 0 radical (unpaired) electrons. The van der Waals surface area contributed by atoms with Crippen LogP contribution in [0.15, 0.2) is 4.99 Å². The van der Waals surface area contributed by atoms with E-state index in [0.717, 1.165) is 31.8 Å². The van der Waals surface area contributed by atoms with Crippen LogP contribution in [-0.2, 0) is 4.74 Å². The Balaban J connectivity index is 0.00000364. The van der Waals surface area contributed by atoms with E-state index in [0.29, 0.717) is 31.7 Å². The molecule has 0 aliphatic carbocycles. The van der Waals surface area contributed by atoms with Crippen LogP contribution in [-0.4, -0.2) is 73.3 Å². The number of guanidine groups is 1. The fourth-order valence-corrected chi connectivity index (χ4v) is 3.79. The Morgan fingerprint density at radius 3 is 2.59 bits per heavy atom. The van der Waals surface area contributed by atoms with Gasteiger partial charge >= 0.3 is 6.09 Å². The van der Waals surface area contributed by atoms with Crippen molar-refractivity contribution < 1.29 is 9.53 Å². The van der Waals surface area contributed by atoms with Crippen molar-refractivity contribution >= 4 is 36.0 Å². The molecule has 0 aromatic carbocycles. The molecule has 2 rings (SSSR count). The van der Waals surface area contributed by atoms with Gasteiger partial charge in [-0.15, -0.1) is 24.0 Å². The Bertz CT molecular complexity index is 455. The summed E-state index contributed by atoms with van der Waals surface area (Å²) < 4.78 is 5.04. The van der Waals surface area contributed by atoms with E-state index in [-0.39, 0.29) is 30.1 Å². The minimum atomic E-state index is -0.212. The quantitative estimate of drug-likeness (QED) is 0.246. The second kappa shape index (κ2) is 13.4. The Hall–Kier alpha value is -0.770. The molecule has 2 heterocycles. The smallest absolute Gasteiger partial charge is 0.409 e. The SMILES string of the molecule is CCOC(=O)N1CCC(NC(N)=NCCCCN2CCCCC2C)CC1.I. The van der Waals surface area contributed by atoms with E-state index < -0.39 is 0 Å². The Labute approximate surface area is 181 Å². The van der Waals surface area contributed by atoms with Crippen LogP contribution >= 0.6 is 24.0 Å². The largest absolute Gasteiger partial charge is 0.450 e. The zero-order valence-corrected chi connectivity index (χ0v) is 19.3. The number of nitrogens with one attached hydrogen (secondary N) is 1. The third kappa shape index (κ3) is 8.85. The lowest BCUT2D eigenvalue weighted by Crippen LogP contribution is -2.48. The van der Waals surface area contributed by atoms with E-state index >= 15 is 0 Å². The molecule has 1 amide bonds.